The third-order valence-corrected chi connectivity index (χ3v) is 3.98. The zero-order valence-corrected chi connectivity index (χ0v) is 12.7. The van der Waals surface area contributed by atoms with Crippen molar-refractivity contribution in [2.24, 2.45) is 0 Å². The van der Waals surface area contributed by atoms with E-state index in [1.165, 1.54) is 6.07 Å². The SMILES string of the molecule is O=[N+]([O-])c1cc(Cl)ccc1NCc1nc(-c2cccs2)n[nH]1. The first-order valence-electron chi connectivity index (χ1n) is 6.26. The molecular formula is C13H10ClN5O2S. The van der Waals surface area contributed by atoms with E-state index in [0.717, 1.165) is 4.88 Å². The van der Waals surface area contributed by atoms with Gasteiger partial charge in [-0.15, -0.1) is 11.3 Å². The Morgan fingerprint density at radius 3 is 3.00 bits per heavy atom. The minimum Gasteiger partial charge on any atom is -0.372 e. The molecule has 3 rings (SSSR count). The second kappa shape index (κ2) is 6.12. The molecule has 0 saturated carbocycles. The van der Waals surface area contributed by atoms with Crippen LogP contribution in [0.25, 0.3) is 10.7 Å². The van der Waals surface area contributed by atoms with Crippen LogP contribution in [0.15, 0.2) is 35.7 Å². The number of benzene rings is 1. The summed E-state index contributed by atoms with van der Waals surface area (Å²) in [5.74, 6) is 1.20. The van der Waals surface area contributed by atoms with Crippen molar-refractivity contribution in [1.29, 1.82) is 0 Å². The Balaban J connectivity index is 1.74. The smallest absolute Gasteiger partial charge is 0.293 e. The maximum absolute atomic E-state index is 11.0. The van der Waals surface area contributed by atoms with Crippen LogP contribution in [0.4, 0.5) is 11.4 Å². The fourth-order valence-electron chi connectivity index (χ4n) is 1.87. The summed E-state index contributed by atoms with van der Waals surface area (Å²) < 4.78 is 0. The van der Waals surface area contributed by atoms with E-state index in [1.807, 2.05) is 17.5 Å². The van der Waals surface area contributed by atoms with Gasteiger partial charge < -0.3 is 5.32 Å². The van der Waals surface area contributed by atoms with E-state index in [-0.39, 0.29) is 5.69 Å². The van der Waals surface area contributed by atoms with Crippen molar-refractivity contribution in [1.82, 2.24) is 15.2 Å². The van der Waals surface area contributed by atoms with Crippen molar-refractivity contribution in [3.8, 4) is 10.7 Å². The highest BCUT2D eigenvalue weighted by Crippen LogP contribution is 2.28. The number of aromatic nitrogens is 3. The Labute approximate surface area is 134 Å². The molecule has 0 aliphatic carbocycles. The lowest BCUT2D eigenvalue weighted by Crippen LogP contribution is -2.04. The first-order valence-corrected chi connectivity index (χ1v) is 7.52. The quantitative estimate of drug-likeness (QED) is 0.547. The van der Waals surface area contributed by atoms with E-state index >= 15 is 0 Å². The number of nitrogens with zero attached hydrogens (tertiary/aromatic N) is 3. The van der Waals surface area contributed by atoms with E-state index in [2.05, 4.69) is 20.5 Å². The van der Waals surface area contributed by atoms with Crippen LogP contribution in [0, 0.1) is 10.1 Å². The monoisotopic (exact) mass is 335 g/mol. The molecule has 0 aliphatic rings. The molecule has 3 aromatic rings. The second-order valence-electron chi connectivity index (χ2n) is 4.36. The number of hydrogen-bond donors (Lipinski definition) is 2. The van der Waals surface area contributed by atoms with Crippen molar-refractivity contribution >= 4 is 34.3 Å². The third-order valence-electron chi connectivity index (χ3n) is 2.88. The molecule has 0 saturated heterocycles. The van der Waals surface area contributed by atoms with Gasteiger partial charge in [0.05, 0.1) is 16.3 Å². The van der Waals surface area contributed by atoms with Gasteiger partial charge in [0.15, 0.2) is 5.82 Å². The van der Waals surface area contributed by atoms with Gasteiger partial charge in [-0.05, 0) is 23.6 Å². The topological polar surface area (TPSA) is 96.7 Å². The molecular weight excluding hydrogens is 326 g/mol. The molecule has 2 heterocycles. The van der Waals surface area contributed by atoms with Gasteiger partial charge in [0, 0.05) is 11.1 Å². The first kappa shape index (κ1) is 14.5. The maximum Gasteiger partial charge on any atom is 0.293 e. The molecule has 7 nitrogen and oxygen atoms in total. The van der Waals surface area contributed by atoms with Gasteiger partial charge in [-0.3, -0.25) is 15.2 Å². The van der Waals surface area contributed by atoms with E-state index in [0.29, 0.717) is 28.9 Å². The van der Waals surface area contributed by atoms with Crippen molar-refractivity contribution in [3.05, 3.63) is 56.7 Å². The Bertz CT molecular complexity index is 803. The minimum absolute atomic E-state index is 0.0782. The number of aromatic amines is 1. The first-order chi connectivity index (χ1) is 10.6. The number of nitro benzene ring substituents is 1. The second-order valence-corrected chi connectivity index (χ2v) is 5.74. The summed E-state index contributed by atoms with van der Waals surface area (Å²) in [5.41, 5.74) is 0.300. The van der Waals surface area contributed by atoms with Gasteiger partial charge in [0.2, 0.25) is 0 Å². The zero-order valence-electron chi connectivity index (χ0n) is 11.1. The molecule has 0 unspecified atom stereocenters. The fraction of sp³-hybridized carbons (Fsp3) is 0.0769. The molecule has 0 fully saturated rings. The average Bonchev–Trinajstić information content (AvgIpc) is 3.16. The van der Waals surface area contributed by atoms with Gasteiger partial charge >= 0.3 is 0 Å². The van der Waals surface area contributed by atoms with Gasteiger partial charge in [0.1, 0.15) is 11.5 Å². The largest absolute Gasteiger partial charge is 0.372 e. The van der Waals surface area contributed by atoms with Crippen molar-refractivity contribution in [2.45, 2.75) is 6.54 Å². The number of H-pyrrole nitrogens is 1. The minimum atomic E-state index is -0.480. The summed E-state index contributed by atoms with van der Waals surface area (Å²) in [6.07, 6.45) is 0. The average molecular weight is 336 g/mol. The molecule has 9 heteroatoms. The van der Waals surface area contributed by atoms with Gasteiger partial charge in [-0.25, -0.2) is 4.98 Å². The number of rotatable bonds is 5. The van der Waals surface area contributed by atoms with Crippen LogP contribution in [0.1, 0.15) is 5.82 Å². The summed E-state index contributed by atoms with van der Waals surface area (Å²) in [5, 5.41) is 23.2. The predicted molar refractivity (Wildman–Crippen MR) is 85.1 cm³/mol. The summed E-state index contributed by atoms with van der Waals surface area (Å²) in [4.78, 5) is 15.8. The lowest BCUT2D eigenvalue weighted by molar-refractivity contribution is -0.383. The summed E-state index contributed by atoms with van der Waals surface area (Å²) in [6.45, 7) is 0.293. The number of thiophene rings is 1. The number of nitrogens with one attached hydrogen (secondary N) is 2. The van der Waals surface area contributed by atoms with Crippen LogP contribution in [0.5, 0.6) is 0 Å². The van der Waals surface area contributed by atoms with Crippen LogP contribution in [-0.2, 0) is 6.54 Å². The Morgan fingerprint density at radius 2 is 2.27 bits per heavy atom. The van der Waals surface area contributed by atoms with Crippen molar-refractivity contribution in [2.75, 3.05) is 5.32 Å². The maximum atomic E-state index is 11.0. The molecule has 2 aromatic heterocycles. The lowest BCUT2D eigenvalue weighted by atomic mass is 10.2. The molecule has 0 radical (unpaired) electrons. The van der Waals surface area contributed by atoms with Gasteiger partial charge in [-0.2, -0.15) is 5.10 Å². The molecule has 0 bridgehead atoms. The summed E-state index contributed by atoms with van der Waals surface area (Å²) >= 11 is 7.32. The Hall–Kier alpha value is -2.45. The van der Waals surface area contributed by atoms with Crippen LogP contribution < -0.4 is 5.32 Å². The van der Waals surface area contributed by atoms with Crippen LogP contribution in [-0.4, -0.2) is 20.1 Å². The number of anilines is 1. The van der Waals surface area contributed by atoms with Gasteiger partial charge in [-0.1, -0.05) is 17.7 Å². The molecule has 2 N–H and O–H groups in total. The fourth-order valence-corrected chi connectivity index (χ4v) is 2.70. The number of nitro groups is 1. The van der Waals surface area contributed by atoms with Gasteiger partial charge in [0.25, 0.3) is 5.69 Å². The Kier molecular flexibility index (Phi) is 4.03. The predicted octanol–water partition coefficient (Wildman–Crippen LogP) is 3.71. The highest BCUT2D eigenvalue weighted by Gasteiger charge is 2.14. The molecule has 0 aliphatic heterocycles. The zero-order chi connectivity index (χ0) is 15.5. The summed E-state index contributed by atoms with van der Waals surface area (Å²) in [6, 6.07) is 8.31. The standard InChI is InChI=1S/C13H10ClN5O2S/c14-8-3-4-9(10(6-8)19(20)21)15-7-12-16-13(18-17-12)11-2-1-5-22-11/h1-6,15H,7H2,(H,16,17,18). The van der Waals surface area contributed by atoms with Crippen molar-refractivity contribution < 1.29 is 4.92 Å². The highest BCUT2D eigenvalue weighted by atomic mass is 35.5. The highest BCUT2D eigenvalue weighted by molar-refractivity contribution is 7.13. The molecule has 1 aromatic carbocycles. The van der Waals surface area contributed by atoms with Crippen LogP contribution in [0.2, 0.25) is 5.02 Å². The number of hydrogen-bond acceptors (Lipinski definition) is 6. The molecule has 22 heavy (non-hydrogen) atoms. The Morgan fingerprint density at radius 1 is 1.41 bits per heavy atom. The van der Waals surface area contributed by atoms with E-state index in [4.69, 9.17) is 11.6 Å². The van der Waals surface area contributed by atoms with E-state index in [1.54, 1.807) is 23.5 Å². The molecule has 0 amide bonds. The van der Waals surface area contributed by atoms with E-state index in [9.17, 15) is 10.1 Å². The normalized spacial score (nSPS) is 10.6. The van der Waals surface area contributed by atoms with Crippen LogP contribution in [0.3, 0.4) is 0 Å². The lowest BCUT2D eigenvalue weighted by Gasteiger charge is -2.05. The molecule has 112 valence electrons. The summed E-state index contributed by atoms with van der Waals surface area (Å²) in [7, 11) is 0. The van der Waals surface area contributed by atoms with Crippen molar-refractivity contribution in [3.63, 3.8) is 0 Å². The number of halogens is 1. The molecule has 0 atom stereocenters. The van der Waals surface area contributed by atoms with E-state index < -0.39 is 4.92 Å². The van der Waals surface area contributed by atoms with Crippen LogP contribution >= 0.6 is 22.9 Å². The molecule has 0 spiro atoms. The third kappa shape index (κ3) is 3.07.